The molecular weight excluding hydrogens is 254 g/mol. The first kappa shape index (κ1) is 13.9. The average molecular weight is 277 g/mol. The molecule has 0 aromatic carbocycles. The van der Waals surface area contributed by atoms with E-state index in [0.29, 0.717) is 18.6 Å². The Morgan fingerprint density at radius 1 is 1.15 bits per heavy atom. The van der Waals surface area contributed by atoms with Gasteiger partial charge in [0.15, 0.2) is 0 Å². The fourth-order valence-corrected chi connectivity index (χ4v) is 2.44. The molecule has 6 heteroatoms. The Balaban J connectivity index is 1.44. The highest BCUT2D eigenvalue weighted by Crippen LogP contribution is 2.22. The van der Waals surface area contributed by atoms with Gasteiger partial charge in [-0.3, -0.25) is 15.3 Å². The molecule has 1 saturated carbocycles. The second kappa shape index (κ2) is 6.58. The summed E-state index contributed by atoms with van der Waals surface area (Å²) in [5, 5.41) is 7.08. The highest BCUT2D eigenvalue weighted by molar-refractivity contribution is 5.02. The van der Waals surface area contributed by atoms with Gasteiger partial charge in [-0.25, -0.2) is 0 Å². The predicted octanol–water partition coefficient (Wildman–Crippen LogP) is 0.282. The molecule has 2 unspecified atom stereocenters. The summed E-state index contributed by atoms with van der Waals surface area (Å²) in [7, 11) is 0. The Labute approximate surface area is 119 Å². The van der Waals surface area contributed by atoms with E-state index in [4.69, 9.17) is 10.5 Å². The maximum atomic E-state index is 5.75. The van der Waals surface area contributed by atoms with Gasteiger partial charge < -0.3 is 15.8 Å². The summed E-state index contributed by atoms with van der Waals surface area (Å²) in [6.07, 6.45) is 8.41. The first-order valence-electron chi connectivity index (χ1n) is 7.44. The Morgan fingerprint density at radius 2 is 1.95 bits per heavy atom. The van der Waals surface area contributed by atoms with Crippen LogP contribution >= 0.6 is 0 Å². The summed E-state index contributed by atoms with van der Waals surface area (Å²) in [4.78, 5) is 8.62. The van der Waals surface area contributed by atoms with Crippen LogP contribution in [-0.2, 0) is 17.8 Å². The molecule has 110 valence electrons. The van der Waals surface area contributed by atoms with Gasteiger partial charge in [0.1, 0.15) is 6.23 Å². The summed E-state index contributed by atoms with van der Waals surface area (Å²) in [5.41, 5.74) is 7.30. The van der Waals surface area contributed by atoms with Crippen molar-refractivity contribution in [1.82, 2.24) is 20.6 Å². The summed E-state index contributed by atoms with van der Waals surface area (Å²) >= 11 is 0. The number of ether oxygens (including phenoxy) is 1. The minimum Gasteiger partial charge on any atom is -0.363 e. The van der Waals surface area contributed by atoms with Crippen molar-refractivity contribution in [3.63, 3.8) is 0 Å². The van der Waals surface area contributed by atoms with Gasteiger partial charge in [-0.15, -0.1) is 0 Å². The number of nitrogens with zero attached hydrogens (tertiary/aromatic N) is 2. The highest BCUT2D eigenvalue weighted by Gasteiger charge is 2.28. The van der Waals surface area contributed by atoms with E-state index in [0.717, 1.165) is 37.4 Å². The third-order valence-corrected chi connectivity index (χ3v) is 3.82. The van der Waals surface area contributed by atoms with E-state index in [1.807, 2.05) is 0 Å². The Morgan fingerprint density at radius 3 is 2.65 bits per heavy atom. The Kier molecular flexibility index (Phi) is 4.57. The molecule has 2 aliphatic rings. The van der Waals surface area contributed by atoms with Crippen molar-refractivity contribution in [3.05, 3.63) is 23.8 Å². The van der Waals surface area contributed by atoms with E-state index >= 15 is 0 Å². The van der Waals surface area contributed by atoms with Gasteiger partial charge in [0.2, 0.25) is 0 Å². The molecule has 20 heavy (non-hydrogen) atoms. The normalized spacial score (nSPS) is 26.6. The number of hydrogen-bond donors (Lipinski definition) is 3. The van der Waals surface area contributed by atoms with E-state index in [2.05, 4.69) is 20.6 Å². The van der Waals surface area contributed by atoms with Crippen LogP contribution in [-0.4, -0.2) is 34.9 Å². The molecule has 1 aromatic heterocycles. The van der Waals surface area contributed by atoms with Gasteiger partial charge in [-0.05, 0) is 19.3 Å². The molecule has 3 rings (SSSR count). The molecule has 2 fully saturated rings. The van der Waals surface area contributed by atoms with Gasteiger partial charge in [0.25, 0.3) is 0 Å². The maximum absolute atomic E-state index is 5.75. The largest absolute Gasteiger partial charge is 0.363 e. The molecule has 2 atom stereocenters. The molecule has 2 heterocycles. The summed E-state index contributed by atoms with van der Waals surface area (Å²) < 4.78 is 5.75. The first-order chi connectivity index (χ1) is 9.83. The predicted molar refractivity (Wildman–Crippen MR) is 75.7 cm³/mol. The van der Waals surface area contributed by atoms with Gasteiger partial charge in [0, 0.05) is 31.6 Å². The van der Waals surface area contributed by atoms with Crippen LogP contribution in [0.4, 0.5) is 0 Å². The van der Waals surface area contributed by atoms with Gasteiger partial charge in [-0.1, -0.05) is 0 Å². The van der Waals surface area contributed by atoms with E-state index in [-0.39, 0.29) is 6.23 Å². The fraction of sp³-hybridized carbons (Fsp3) is 0.714. The van der Waals surface area contributed by atoms with Crippen molar-refractivity contribution in [3.8, 4) is 0 Å². The van der Waals surface area contributed by atoms with Crippen LogP contribution < -0.4 is 16.4 Å². The lowest BCUT2D eigenvalue weighted by Gasteiger charge is -2.30. The number of nitrogens with one attached hydrogen (secondary N) is 2. The van der Waals surface area contributed by atoms with Gasteiger partial charge >= 0.3 is 0 Å². The SMILES string of the molecule is NCc1cnc(CNC2CCOC(NC3CC3)C2)cn1. The zero-order chi connectivity index (χ0) is 13.8. The Hall–Kier alpha value is -1.08. The number of hydrogen-bond acceptors (Lipinski definition) is 6. The van der Waals surface area contributed by atoms with Crippen LogP contribution in [0.5, 0.6) is 0 Å². The standard InChI is InChI=1S/C14H23N5O/c15-6-12-7-18-13(9-17-12)8-16-11-3-4-20-14(5-11)19-10-1-2-10/h7,9-11,14,16,19H,1-6,8,15H2. The molecule has 1 saturated heterocycles. The van der Waals surface area contributed by atoms with Crippen LogP contribution in [0.25, 0.3) is 0 Å². The summed E-state index contributed by atoms with van der Waals surface area (Å²) in [5.74, 6) is 0. The molecule has 0 spiro atoms. The Bertz CT molecular complexity index is 420. The lowest BCUT2D eigenvalue weighted by Crippen LogP contribution is -2.45. The van der Waals surface area contributed by atoms with Crippen molar-refractivity contribution in [2.75, 3.05) is 6.61 Å². The van der Waals surface area contributed by atoms with E-state index in [1.54, 1.807) is 12.4 Å². The number of nitrogens with two attached hydrogens (primary N) is 1. The fourth-order valence-electron chi connectivity index (χ4n) is 2.44. The van der Waals surface area contributed by atoms with E-state index < -0.39 is 0 Å². The number of aromatic nitrogens is 2. The molecule has 1 aliphatic heterocycles. The molecule has 0 radical (unpaired) electrons. The van der Waals surface area contributed by atoms with Crippen LogP contribution in [0, 0.1) is 0 Å². The van der Waals surface area contributed by atoms with Crippen molar-refractivity contribution >= 4 is 0 Å². The van der Waals surface area contributed by atoms with Gasteiger partial charge in [0.05, 0.1) is 30.4 Å². The zero-order valence-electron chi connectivity index (χ0n) is 11.7. The molecule has 1 aliphatic carbocycles. The maximum Gasteiger partial charge on any atom is 0.109 e. The van der Waals surface area contributed by atoms with Crippen LogP contribution in [0.2, 0.25) is 0 Å². The van der Waals surface area contributed by atoms with Crippen molar-refractivity contribution in [2.45, 2.75) is 57.1 Å². The average Bonchev–Trinajstić information content (AvgIpc) is 3.30. The lowest BCUT2D eigenvalue weighted by atomic mass is 10.1. The summed E-state index contributed by atoms with van der Waals surface area (Å²) in [6.45, 7) is 2.01. The smallest absolute Gasteiger partial charge is 0.109 e. The summed E-state index contributed by atoms with van der Waals surface area (Å²) in [6, 6.07) is 1.17. The topological polar surface area (TPSA) is 85.1 Å². The zero-order valence-corrected chi connectivity index (χ0v) is 11.7. The first-order valence-corrected chi connectivity index (χ1v) is 7.44. The van der Waals surface area contributed by atoms with Gasteiger partial charge in [-0.2, -0.15) is 0 Å². The van der Waals surface area contributed by atoms with Crippen LogP contribution in [0.3, 0.4) is 0 Å². The van der Waals surface area contributed by atoms with Crippen molar-refractivity contribution in [1.29, 1.82) is 0 Å². The number of rotatable bonds is 6. The minimum atomic E-state index is 0.208. The van der Waals surface area contributed by atoms with Crippen LogP contribution in [0.15, 0.2) is 12.4 Å². The monoisotopic (exact) mass is 277 g/mol. The molecule has 4 N–H and O–H groups in total. The van der Waals surface area contributed by atoms with Crippen molar-refractivity contribution < 1.29 is 4.74 Å². The van der Waals surface area contributed by atoms with Crippen LogP contribution in [0.1, 0.15) is 37.1 Å². The lowest BCUT2D eigenvalue weighted by molar-refractivity contribution is -0.0197. The molecule has 1 aromatic rings. The second-order valence-corrected chi connectivity index (χ2v) is 5.61. The third kappa shape index (κ3) is 3.96. The van der Waals surface area contributed by atoms with E-state index in [9.17, 15) is 0 Å². The van der Waals surface area contributed by atoms with E-state index in [1.165, 1.54) is 12.8 Å². The molecule has 6 nitrogen and oxygen atoms in total. The molecule has 0 bridgehead atoms. The third-order valence-electron chi connectivity index (χ3n) is 3.82. The highest BCUT2D eigenvalue weighted by atomic mass is 16.5. The quantitative estimate of drug-likeness (QED) is 0.692. The molecular formula is C14H23N5O. The minimum absolute atomic E-state index is 0.208. The second-order valence-electron chi connectivity index (χ2n) is 5.61. The molecule has 0 amide bonds. The van der Waals surface area contributed by atoms with Crippen molar-refractivity contribution in [2.24, 2.45) is 5.73 Å².